The maximum absolute atomic E-state index is 12.3. The molecule has 2 aromatic heterocycles. The second-order valence-corrected chi connectivity index (χ2v) is 14.6. The Balaban J connectivity index is 0.000000212. The van der Waals surface area contributed by atoms with E-state index in [1.165, 1.54) is 55.5 Å². The number of aromatic hydroxyl groups is 4. The van der Waals surface area contributed by atoms with E-state index in [4.69, 9.17) is 55.2 Å². The Hall–Kier alpha value is -3.92. The van der Waals surface area contributed by atoms with Gasteiger partial charge in [0.1, 0.15) is 0 Å². The van der Waals surface area contributed by atoms with Gasteiger partial charge in [-0.05, 0) is 55.5 Å². The van der Waals surface area contributed by atoms with E-state index in [1.54, 1.807) is 18.2 Å². The molecule has 3 aromatic carbocycles. The minimum absolute atomic E-state index is 0.0300. The van der Waals surface area contributed by atoms with Crippen molar-refractivity contribution >= 4 is 78.2 Å². The topological polar surface area (TPSA) is 200 Å². The van der Waals surface area contributed by atoms with Gasteiger partial charge in [-0.2, -0.15) is 0 Å². The molecule has 2 heterocycles. The average Bonchev–Trinajstić information content (AvgIpc) is 3.42. The van der Waals surface area contributed by atoms with E-state index < -0.39 is 54.8 Å². The van der Waals surface area contributed by atoms with Crippen molar-refractivity contribution in [1.82, 2.24) is 0 Å². The van der Waals surface area contributed by atoms with E-state index in [-0.39, 0.29) is 37.8 Å². The third-order valence-corrected chi connectivity index (χ3v) is 9.35. The Morgan fingerprint density at radius 2 is 1.00 bits per heavy atom. The highest BCUT2D eigenvalue weighted by Crippen LogP contribution is 2.47. The monoisotopic (exact) mass is 750 g/mol. The first kappa shape index (κ1) is 34.9. The number of halogens is 4. The fraction of sp³-hybridized carbons (Fsp3) is 0.0714. The molecule has 0 spiro atoms. The van der Waals surface area contributed by atoms with Crippen LogP contribution in [0.5, 0.6) is 23.0 Å². The van der Waals surface area contributed by atoms with Crippen LogP contribution in [-0.4, -0.2) is 43.0 Å². The van der Waals surface area contributed by atoms with Crippen molar-refractivity contribution in [2.24, 2.45) is 0 Å². The molecule has 5 rings (SSSR count). The lowest BCUT2D eigenvalue weighted by Gasteiger charge is -2.05. The molecular weight excluding hydrogens is 730 g/mol. The first-order valence-electron chi connectivity index (χ1n) is 12.6. The molecule has 12 nitrogen and oxygen atoms in total. The van der Waals surface area contributed by atoms with Crippen molar-refractivity contribution in [2.45, 2.75) is 11.8 Å². The van der Waals surface area contributed by atoms with Crippen molar-refractivity contribution in [3.05, 3.63) is 86.8 Å². The van der Waals surface area contributed by atoms with Crippen LogP contribution in [0.1, 0.15) is 6.92 Å². The highest BCUT2D eigenvalue weighted by molar-refractivity contribution is 7.93. The van der Waals surface area contributed by atoms with Gasteiger partial charge in [0, 0.05) is 31.2 Å². The van der Waals surface area contributed by atoms with E-state index in [1.807, 2.05) is 4.72 Å². The van der Waals surface area contributed by atoms with Crippen LogP contribution >= 0.6 is 46.4 Å². The van der Waals surface area contributed by atoms with Gasteiger partial charge in [0.2, 0.25) is 33.0 Å². The number of rotatable bonds is 8. The summed E-state index contributed by atoms with van der Waals surface area (Å²) in [7, 11) is -7.67. The predicted octanol–water partition coefficient (Wildman–Crippen LogP) is 7.89. The SMILES string of the molecule is CCS(=O)(=O)Nc1oc(-c2cc(Cl)cc(Cl)c2)c(O)c1O.O=S(=O)(Nc1oc(-c2cc(Cl)cc(Cl)c2)c(O)c1O)c1ccccc1. The molecule has 0 radical (unpaired) electrons. The molecule has 0 aliphatic carbocycles. The number of anilines is 2. The summed E-state index contributed by atoms with van der Waals surface area (Å²) in [4.78, 5) is -0.0300. The van der Waals surface area contributed by atoms with Crippen LogP contribution in [0.2, 0.25) is 20.1 Å². The summed E-state index contributed by atoms with van der Waals surface area (Å²) < 4.78 is 62.2. The summed E-state index contributed by atoms with van der Waals surface area (Å²) in [5.74, 6) is -4.23. The van der Waals surface area contributed by atoms with Gasteiger partial charge in [0.05, 0.1) is 10.6 Å². The maximum atomic E-state index is 12.3. The van der Waals surface area contributed by atoms with Gasteiger partial charge >= 0.3 is 0 Å². The summed E-state index contributed by atoms with van der Waals surface area (Å²) in [5, 5.41) is 40.8. The molecule has 46 heavy (non-hydrogen) atoms. The molecule has 0 bridgehead atoms. The first-order valence-corrected chi connectivity index (χ1v) is 17.3. The molecule has 6 N–H and O–H groups in total. The lowest BCUT2D eigenvalue weighted by molar-refractivity contribution is 0.410. The van der Waals surface area contributed by atoms with E-state index >= 15 is 0 Å². The van der Waals surface area contributed by atoms with Crippen molar-refractivity contribution in [1.29, 1.82) is 0 Å². The molecule has 0 fully saturated rings. The van der Waals surface area contributed by atoms with Crippen molar-refractivity contribution < 1.29 is 46.1 Å². The predicted molar refractivity (Wildman–Crippen MR) is 175 cm³/mol. The van der Waals surface area contributed by atoms with Gasteiger partial charge in [-0.3, -0.25) is 0 Å². The van der Waals surface area contributed by atoms with Gasteiger partial charge in [-0.25, -0.2) is 26.3 Å². The number of hydrogen-bond donors (Lipinski definition) is 6. The normalized spacial score (nSPS) is 11.5. The smallest absolute Gasteiger partial charge is 0.264 e. The summed E-state index contributed by atoms with van der Waals surface area (Å²) in [6.07, 6.45) is 0. The summed E-state index contributed by atoms with van der Waals surface area (Å²) in [5.41, 5.74) is 0.567. The molecule has 0 saturated heterocycles. The minimum atomic E-state index is -4.00. The standard InChI is InChI=1S/C16H11Cl2NO5S.C12H11Cl2NO5S/c17-10-6-9(7-11(18)8-10)15-13(20)14(21)16(24-15)19-25(22,23)12-4-2-1-3-5-12;1-2-21(18,19)15-12-10(17)9(16)11(20-12)6-3-7(13)5-8(14)4-6/h1-8,19-21H;3-5,15-17H,2H2,1H3. The first-order chi connectivity index (χ1) is 21.5. The van der Waals surface area contributed by atoms with Gasteiger partial charge in [0.15, 0.2) is 11.5 Å². The van der Waals surface area contributed by atoms with Crippen LogP contribution < -0.4 is 9.44 Å². The fourth-order valence-corrected chi connectivity index (χ4v) is 6.35. The number of nitrogens with one attached hydrogen (secondary N) is 2. The average molecular weight is 752 g/mol. The Bertz CT molecular complexity index is 2080. The van der Waals surface area contributed by atoms with Crippen LogP contribution in [0.3, 0.4) is 0 Å². The van der Waals surface area contributed by atoms with Crippen LogP contribution in [-0.2, 0) is 20.0 Å². The highest BCUT2D eigenvalue weighted by Gasteiger charge is 2.26. The Kier molecular flexibility index (Phi) is 10.5. The quantitative estimate of drug-likeness (QED) is 0.0906. The van der Waals surface area contributed by atoms with Crippen LogP contribution in [0.25, 0.3) is 22.6 Å². The minimum Gasteiger partial charge on any atom is -0.502 e. The van der Waals surface area contributed by atoms with Gasteiger partial charge < -0.3 is 29.3 Å². The summed E-state index contributed by atoms with van der Waals surface area (Å²) in [6.45, 7) is 1.42. The molecule has 0 unspecified atom stereocenters. The van der Waals surface area contributed by atoms with Crippen LogP contribution in [0.4, 0.5) is 11.8 Å². The fourth-order valence-electron chi connectivity index (χ4n) is 3.72. The third-order valence-electron chi connectivity index (χ3n) is 5.88. The Morgan fingerprint density at radius 1 is 0.609 bits per heavy atom. The van der Waals surface area contributed by atoms with Gasteiger partial charge in [-0.15, -0.1) is 0 Å². The van der Waals surface area contributed by atoms with Crippen molar-refractivity contribution in [2.75, 3.05) is 15.2 Å². The molecule has 0 amide bonds. The zero-order valence-electron chi connectivity index (χ0n) is 23.1. The largest absolute Gasteiger partial charge is 0.502 e. The molecule has 18 heteroatoms. The van der Waals surface area contributed by atoms with E-state index in [9.17, 15) is 37.3 Å². The Morgan fingerprint density at radius 3 is 1.39 bits per heavy atom. The van der Waals surface area contributed by atoms with Crippen LogP contribution in [0, 0.1) is 0 Å². The number of benzene rings is 3. The lowest BCUT2D eigenvalue weighted by Crippen LogP contribution is -2.14. The van der Waals surface area contributed by atoms with Gasteiger partial charge in [0.25, 0.3) is 21.8 Å². The third kappa shape index (κ3) is 8.07. The van der Waals surface area contributed by atoms with Gasteiger partial charge in [-0.1, -0.05) is 64.6 Å². The van der Waals surface area contributed by atoms with Crippen LogP contribution in [0.15, 0.2) is 80.5 Å². The number of furan rings is 2. The summed E-state index contributed by atoms with van der Waals surface area (Å²) >= 11 is 23.5. The number of hydrogen-bond acceptors (Lipinski definition) is 10. The van der Waals surface area contributed by atoms with Crippen molar-refractivity contribution in [3.8, 4) is 45.6 Å². The second-order valence-electron chi connectivity index (χ2n) is 9.16. The maximum Gasteiger partial charge on any atom is 0.264 e. The number of sulfonamides is 2. The highest BCUT2D eigenvalue weighted by atomic mass is 35.5. The summed E-state index contributed by atoms with van der Waals surface area (Å²) in [6, 6.07) is 16.3. The van der Waals surface area contributed by atoms with E-state index in [2.05, 4.69) is 4.72 Å². The Labute approximate surface area is 282 Å². The lowest BCUT2D eigenvalue weighted by atomic mass is 10.1. The molecule has 5 aromatic rings. The molecule has 0 saturated carbocycles. The second kappa shape index (κ2) is 13.8. The van der Waals surface area contributed by atoms with Crippen molar-refractivity contribution in [3.63, 3.8) is 0 Å². The molecule has 244 valence electrons. The van der Waals surface area contributed by atoms with E-state index in [0.29, 0.717) is 15.6 Å². The molecule has 0 atom stereocenters. The van der Waals surface area contributed by atoms with E-state index in [0.717, 1.165) is 0 Å². The molecule has 0 aliphatic rings. The zero-order chi connectivity index (χ0) is 34.0. The zero-order valence-corrected chi connectivity index (χ0v) is 27.8. The molecule has 0 aliphatic heterocycles. The molecular formula is C28H22Cl4N2O10S2.